The van der Waals surface area contributed by atoms with E-state index in [1.165, 1.54) is 13.8 Å². The maximum atomic E-state index is 12.7. The quantitative estimate of drug-likeness (QED) is 0.884. The molecule has 0 radical (unpaired) electrons. The Bertz CT molecular complexity index is 554. The van der Waals surface area contributed by atoms with E-state index < -0.39 is 46.8 Å². The lowest BCUT2D eigenvalue weighted by atomic mass is 10.1. The van der Waals surface area contributed by atoms with Crippen LogP contribution in [0.2, 0.25) is 0 Å². The first-order valence-electron chi connectivity index (χ1n) is 5.29. The average molecular weight is 293 g/mol. The van der Waals surface area contributed by atoms with E-state index in [2.05, 4.69) is 4.98 Å². The third kappa shape index (κ3) is 3.16. The van der Waals surface area contributed by atoms with E-state index in [0.717, 1.165) is 0 Å². The molecular weight excluding hydrogens is 283 g/mol. The summed E-state index contributed by atoms with van der Waals surface area (Å²) >= 11 is 0. The number of hydrogen-bond acceptors (Lipinski definition) is 4. The largest absolute Gasteiger partial charge is 0.489 e. The molecule has 0 fully saturated rings. The molecule has 0 saturated carbocycles. The van der Waals surface area contributed by atoms with Crippen LogP contribution >= 0.6 is 0 Å². The Hall–Kier alpha value is -2.32. The van der Waals surface area contributed by atoms with E-state index in [0.29, 0.717) is 6.20 Å². The van der Waals surface area contributed by atoms with Crippen LogP contribution in [-0.4, -0.2) is 33.2 Å². The van der Waals surface area contributed by atoms with E-state index in [1.54, 1.807) is 0 Å². The molecule has 0 saturated heterocycles. The molecule has 0 spiro atoms. The van der Waals surface area contributed by atoms with Crippen LogP contribution < -0.4 is 4.74 Å². The fourth-order valence-electron chi connectivity index (χ4n) is 1.42. The zero-order chi connectivity index (χ0) is 15.7. The van der Waals surface area contributed by atoms with Crippen molar-refractivity contribution in [1.82, 2.24) is 4.98 Å². The molecule has 0 unspecified atom stereocenters. The minimum Gasteiger partial charge on any atom is -0.489 e. The second-order valence-electron chi connectivity index (χ2n) is 4.00. The molecule has 1 rings (SSSR count). The molecule has 0 atom stereocenters. The molecule has 2 N–H and O–H groups in total. The lowest BCUT2D eigenvalue weighted by molar-refractivity contribution is -0.141. The normalized spacial score (nSPS) is 11.5. The lowest BCUT2D eigenvalue weighted by Crippen LogP contribution is -2.21. The molecular formula is C11H10F3NO5. The monoisotopic (exact) mass is 293 g/mol. The van der Waals surface area contributed by atoms with E-state index in [9.17, 15) is 22.8 Å². The van der Waals surface area contributed by atoms with Crippen LogP contribution in [0.1, 0.15) is 40.3 Å². The molecule has 0 aliphatic carbocycles. The number of halogens is 3. The Morgan fingerprint density at radius 2 is 1.80 bits per heavy atom. The number of carboxylic acids is 2. The van der Waals surface area contributed by atoms with Gasteiger partial charge in [0.05, 0.1) is 6.10 Å². The van der Waals surface area contributed by atoms with Gasteiger partial charge in [-0.1, -0.05) is 0 Å². The van der Waals surface area contributed by atoms with Crippen LogP contribution in [0.4, 0.5) is 13.2 Å². The molecule has 0 aromatic carbocycles. The second kappa shape index (κ2) is 5.35. The Morgan fingerprint density at radius 3 is 2.15 bits per heavy atom. The predicted octanol–water partition coefficient (Wildman–Crippen LogP) is 2.28. The molecule has 20 heavy (non-hydrogen) atoms. The smallest absolute Gasteiger partial charge is 0.434 e. The molecule has 9 heteroatoms. The third-order valence-corrected chi connectivity index (χ3v) is 2.10. The van der Waals surface area contributed by atoms with E-state index in [-0.39, 0.29) is 0 Å². The van der Waals surface area contributed by atoms with Crippen LogP contribution in [0.15, 0.2) is 6.20 Å². The molecule has 1 aromatic rings. The maximum absolute atomic E-state index is 12.7. The van der Waals surface area contributed by atoms with Gasteiger partial charge in [0.25, 0.3) is 0 Å². The van der Waals surface area contributed by atoms with Crippen LogP contribution in [0.25, 0.3) is 0 Å². The summed E-state index contributed by atoms with van der Waals surface area (Å²) in [5.41, 5.74) is -3.76. The van der Waals surface area contributed by atoms with Crippen molar-refractivity contribution >= 4 is 11.9 Å². The fourth-order valence-corrected chi connectivity index (χ4v) is 1.42. The highest BCUT2D eigenvalue weighted by Crippen LogP contribution is 2.36. The number of ether oxygens (including phenoxy) is 1. The van der Waals surface area contributed by atoms with Crippen molar-refractivity contribution in [2.75, 3.05) is 0 Å². The van der Waals surface area contributed by atoms with Gasteiger partial charge in [-0.3, -0.25) is 0 Å². The van der Waals surface area contributed by atoms with Gasteiger partial charge in [-0.05, 0) is 13.8 Å². The highest BCUT2D eigenvalue weighted by atomic mass is 19.4. The van der Waals surface area contributed by atoms with Crippen molar-refractivity contribution in [3.8, 4) is 5.75 Å². The van der Waals surface area contributed by atoms with E-state index >= 15 is 0 Å². The van der Waals surface area contributed by atoms with Crippen LogP contribution in [0, 0.1) is 0 Å². The summed E-state index contributed by atoms with van der Waals surface area (Å²) in [6, 6.07) is 0. The summed E-state index contributed by atoms with van der Waals surface area (Å²) in [6.45, 7) is 2.84. The SMILES string of the molecule is CC(C)Oc1c(C(=O)O)cnc(C(F)(F)F)c1C(=O)O. The fraction of sp³-hybridized carbons (Fsp3) is 0.364. The first-order valence-corrected chi connectivity index (χ1v) is 5.29. The number of pyridine rings is 1. The molecule has 110 valence electrons. The zero-order valence-corrected chi connectivity index (χ0v) is 10.4. The highest BCUT2D eigenvalue weighted by Gasteiger charge is 2.41. The average Bonchev–Trinajstić information content (AvgIpc) is 2.25. The lowest BCUT2D eigenvalue weighted by Gasteiger charge is -2.17. The zero-order valence-electron chi connectivity index (χ0n) is 10.4. The molecule has 6 nitrogen and oxygen atoms in total. The van der Waals surface area contributed by atoms with Crippen LogP contribution in [0.3, 0.4) is 0 Å². The molecule has 0 aliphatic rings. The van der Waals surface area contributed by atoms with E-state index in [4.69, 9.17) is 14.9 Å². The Morgan fingerprint density at radius 1 is 1.25 bits per heavy atom. The second-order valence-corrected chi connectivity index (χ2v) is 4.00. The summed E-state index contributed by atoms with van der Waals surface area (Å²) < 4.78 is 43.1. The number of aromatic carboxylic acids is 2. The van der Waals surface area contributed by atoms with Gasteiger partial charge in [0.1, 0.15) is 11.1 Å². The molecule has 0 amide bonds. The Labute approximate surface area is 110 Å². The standard InChI is InChI=1S/C11H10F3NO5/c1-4(2)20-7-5(9(16)17)3-15-8(11(12,13)14)6(7)10(18)19/h3-4H,1-2H3,(H,16,17)(H,18,19). The first kappa shape index (κ1) is 15.7. The van der Waals surface area contributed by atoms with Gasteiger partial charge in [0.2, 0.25) is 0 Å². The number of rotatable bonds is 4. The number of carbonyl (C=O) groups is 2. The first-order chi connectivity index (χ1) is 9.05. The van der Waals surface area contributed by atoms with Gasteiger partial charge < -0.3 is 14.9 Å². The summed E-state index contributed by atoms with van der Waals surface area (Å²) in [6.07, 6.45) is -5.33. The van der Waals surface area contributed by atoms with Crippen molar-refractivity contribution in [3.05, 3.63) is 23.0 Å². The Kier molecular flexibility index (Phi) is 4.21. The van der Waals surface area contributed by atoms with Gasteiger partial charge >= 0.3 is 18.1 Å². The topological polar surface area (TPSA) is 96.7 Å². The molecule has 1 heterocycles. The minimum atomic E-state index is -5.04. The number of carboxylic acid groups (broad SMARTS) is 2. The molecule has 0 bridgehead atoms. The number of alkyl halides is 3. The van der Waals surface area contributed by atoms with Crippen LogP contribution in [-0.2, 0) is 6.18 Å². The summed E-state index contributed by atoms with van der Waals surface area (Å²) in [4.78, 5) is 24.9. The Balaban J connectivity index is 3.70. The summed E-state index contributed by atoms with van der Waals surface area (Å²) in [5.74, 6) is -4.46. The van der Waals surface area contributed by atoms with Gasteiger partial charge in [-0.25, -0.2) is 14.6 Å². The maximum Gasteiger partial charge on any atom is 0.434 e. The van der Waals surface area contributed by atoms with Crippen LogP contribution in [0.5, 0.6) is 5.75 Å². The van der Waals surface area contributed by atoms with Crippen molar-refractivity contribution in [3.63, 3.8) is 0 Å². The molecule has 0 aliphatic heterocycles. The van der Waals surface area contributed by atoms with Crippen molar-refractivity contribution < 1.29 is 37.7 Å². The number of hydrogen-bond donors (Lipinski definition) is 2. The number of nitrogens with zero attached hydrogens (tertiary/aromatic N) is 1. The van der Waals surface area contributed by atoms with Crippen molar-refractivity contribution in [1.29, 1.82) is 0 Å². The number of aromatic nitrogens is 1. The van der Waals surface area contributed by atoms with Gasteiger partial charge in [-0.15, -0.1) is 0 Å². The van der Waals surface area contributed by atoms with Gasteiger partial charge in [0.15, 0.2) is 11.4 Å². The minimum absolute atomic E-state index is 0.426. The van der Waals surface area contributed by atoms with Crippen molar-refractivity contribution in [2.45, 2.75) is 26.1 Å². The van der Waals surface area contributed by atoms with Gasteiger partial charge in [0, 0.05) is 6.20 Å². The van der Waals surface area contributed by atoms with Crippen molar-refractivity contribution in [2.24, 2.45) is 0 Å². The molecule has 1 aromatic heterocycles. The predicted molar refractivity (Wildman–Crippen MR) is 58.9 cm³/mol. The van der Waals surface area contributed by atoms with Gasteiger partial charge in [-0.2, -0.15) is 13.2 Å². The summed E-state index contributed by atoms with van der Waals surface area (Å²) in [7, 11) is 0. The third-order valence-electron chi connectivity index (χ3n) is 2.10. The van der Waals surface area contributed by atoms with E-state index in [1.807, 2.05) is 0 Å². The summed E-state index contributed by atoms with van der Waals surface area (Å²) in [5, 5.41) is 17.8. The highest BCUT2D eigenvalue weighted by molar-refractivity contribution is 5.99.